The first-order valence-electron chi connectivity index (χ1n) is 10.1. The molecule has 1 saturated heterocycles. The number of ether oxygens (including phenoxy) is 1. The second kappa shape index (κ2) is 9.23. The molecule has 0 radical (unpaired) electrons. The fourth-order valence-electron chi connectivity index (χ4n) is 4.29. The third kappa shape index (κ3) is 5.45. The molecule has 2 aromatic rings. The fraction of sp³-hybridized carbons (Fsp3) is 0.417. The van der Waals surface area contributed by atoms with Gasteiger partial charge >= 0.3 is 0 Å². The van der Waals surface area contributed by atoms with Gasteiger partial charge in [-0.25, -0.2) is 0 Å². The van der Waals surface area contributed by atoms with Gasteiger partial charge in [-0.2, -0.15) is 0 Å². The number of rotatable bonds is 7. The topological polar surface area (TPSA) is 78.5 Å². The van der Waals surface area contributed by atoms with Crippen LogP contribution in [-0.2, 0) is 4.74 Å². The van der Waals surface area contributed by atoms with Gasteiger partial charge in [0.25, 0.3) is 5.91 Å². The maximum atomic E-state index is 12.5. The van der Waals surface area contributed by atoms with Crippen molar-refractivity contribution in [3.63, 3.8) is 0 Å². The highest BCUT2D eigenvalue weighted by Gasteiger charge is 2.34. The van der Waals surface area contributed by atoms with Gasteiger partial charge in [0.2, 0.25) is 0 Å². The van der Waals surface area contributed by atoms with Crippen molar-refractivity contribution in [3.8, 4) is 0 Å². The lowest BCUT2D eigenvalue weighted by Gasteiger charge is -2.39. The van der Waals surface area contributed by atoms with Crippen LogP contribution in [0.1, 0.15) is 65.3 Å². The molecular weight excluding hydrogens is 366 g/mol. The number of benzene rings is 2. The van der Waals surface area contributed by atoms with E-state index in [2.05, 4.69) is 31.3 Å². The Morgan fingerprint density at radius 1 is 1.10 bits per heavy atom. The largest absolute Gasteiger partial charge is 0.545 e. The normalized spacial score (nSPS) is 19.3. The summed E-state index contributed by atoms with van der Waals surface area (Å²) in [6, 6.07) is 16.5. The van der Waals surface area contributed by atoms with Crippen LogP contribution in [0.3, 0.4) is 0 Å². The molecule has 0 bridgehead atoms. The first kappa shape index (κ1) is 21.1. The molecule has 1 fully saturated rings. The highest BCUT2D eigenvalue weighted by Crippen LogP contribution is 2.39. The molecule has 0 unspecified atom stereocenters. The summed E-state index contributed by atoms with van der Waals surface area (Å²) in [4.78, 5) is 23.8. The molecule has 1 aliphatic heterocycles. The highest BCUT2D eigenvalue weighted by atomic mass is 16.5. The van der Waals surface area contributed by atoms with E-state index >= 15 is 0 Å². The van der Waals surface area contributed by atoms with Crippen molar-refractivity contribution in [2.75, 3.05) is 13.2 Å². The summed E-state index contributed by atoms with van der Waals surface area (Å²) in [7, 11) is 0. The summed E-state index contributed by atoms with van der Waals surface area (Å²) in [5.74, 6) is -0.962. The lowest BCUT2D eigenvalue weighted by molar-refractivity contribution is -0.255. The minimum atomic E-state index is -1.35. The SMILES string of the molecule is CC1(C)C[C@@H]([C@H](CCNC(=O)c2ccccc2C(=O)[O-])c2ccccc2)CCO1. The van der Waals surface area contributed by atoms with Gasteiger partial charge in [-0.3, -0.25) is 4.79 Å². The lowest BCUT2D eigenvalue weighted by Crippen LogP contribution is -2.37. The Balaban J connectivity index is 1.69. The zero-order valence-electron chi connectivity index (χ0n) is 17.0. The Morgan fingerprint density at radius 3 is 2.41 bits per heavy atom. The van der Waals surface area contributed by atoms with Crippen molar-refractivity contribution in [1.82, 2.24) is 5.32 Å². The van der Waals surface area contributed by atoms with Crippen LogP contribution in [0.5, 0.6) is 0 Å². The molecule has 0 aliphatic carbocycles. The second-order valence-electron chi connectivity index (χ2n) is 8.26. The molecule has 1 heterocycles. The zero-order valence-corrected chi connectivity index (χ0v) is 17.0. The predicted octanol–water partition coefficient (Wildman–Crippen LogP) is 3.16. The Kier molecular flexibility index (Phi) is 6.70. The summed E-state index contributed by atoms with van der Waals surface area (Å²) in [5, 5.41) is 14.2. The third-order valence-corrected chi connectivity index (χ3v) is 5.66. The van der Waals surface area contributed by atoms with E-state index in [0.717, 1.165) is 25.9 Å². The third-order valence-electron chi connectivity index (χ3n) is 5.66. The van der Waals surface area contributed by atoms with Crippen LogP contribution >= 0.6 is 0 Å². The molecule has 5 heteroatoms. The zero-order chi connectivity index (χ0) is 20.9. The summed E-state index contributed by atoms with van der Waals surface area (Å²) in [6.45, 7) is 5.46. The predicted molar refractivity (Wildman–Crippen MR) is 110 cm³/mol. The van der Waals surface area contributed by atoms with Gasteiger partial charge in [0.15, 0.2) is 0 Å². The molecule has 2 atom stereocenters. The van der Waals surface area contributed by atoms with Crippen LogP contribution in [0, 0.1) is 5.92 Å². The van der Waals surface area contributed by atoms with Crippen LogP contribution in [-0.4, -0.2) is 30.6 Å². The number of carbonyl (C=O) groups excluding carboxylic acids is 2. The summed E-state index contributed by atoms with van der Waals surface area (Å²) in [5.41, 5.74) is 1.17. The Hall–Kier alpha value is -2.66. The summed E-state index contributed by atoms with van der Waals surface area (Å²) >= 11 is 0. The molecular formula is C24H28NO4-. The van der Waals surface area contributed by atoms with E-state index < -0.39 is 5.97 Å². The molecule has 0 spiro atoms. The molecule has 2 aromatic carbocycles. The van der Waals surface area contributed by atoms with E-state index in [0.29, 0.717) is 18.4 Å². The van der Waals surface area contributed by atoms with Crippen molar-refractivity contribution in [1.29, 1.82) is 0 Å². The van der Waals surface area contributed by atoms with Crippen LogP contribution in [0.25, 0.3) is 0 Å². The number of hydrogen-bond acceptors (Lipinski definition) is 4. The van der Waals surface area contributed by atoms with Gasteiger partial charge in [-0.05, 0) is 56.6 Å². The quantitative estimate of drug-likeness (QED) is 0.782. The number of carbonyl (C=O) groups is 2. The minimum Gasteiger partial charge on any atom is -0.545 e. The van der Waals surface area contributed by atoms with Crippen LogP contribution in [0.15, 0.2) is 54.6 Å². The second-order valence-corrected chi connectivity index (χ2v) is 8.26. The van der Waals surface area contributed by atoms with Crippen molar-refractivity contribution < 1.29 is 19.4 Å². The molecule has 29 heavy (non-hydrogen) atoms. The Bertz CT molecular complexity index is 847. The van der Waals surface area contributed by atoms with E-state index in [1.165, 1.54) is 17.7 Å². The van der Waals surface area contributed by atoms with Gasteiger partial charge < -0.3 is 20.0 Å². The fourth-order valence-corrected chi connectivity index (χ4v) is 4.29. The van der Waals surface area contributed by atoms with Crippen molar-refractivity contribution in [2.45, 2.75) is 44.6 Å². The van der Waals surface area contributed by atoms with Gasteiger partial charge in [0.1, 0.15) is 0 Å². The van der Waals surface area contributed by atoms with Crippen molar-refractivity contribution >= 4 is 11.9 Å². The number of carboxylic acid groups (broad SMARTS) is 1. The highest BCUT2D eigenvalue weighted by molar-refractivity contribution is 6.04. The van der Waals surface area contributed by atoms with Gasteiger partial charge in [0, 0.05) is 24.3 Å². The average molecular weight is 394 g/mol. The first-order chi connectivity index (χ1) is 13.9. The maximum Gasteiger partial charge on any atom is 0.251 e. The Labute approximate surface area is 172 Å². The summed E-state index contributed by atoms with van der Waals surface area (Å²) < 4.78 is 5.89. The van der Waals surface area contributed by atoms with Gasteiger partial charge in [-0.1, -0.05) is 48.5 Å². The molecule has 0 saturated carbocycles. The summed E-state index contributed by atoms with van der Waals surface area (Å²) in [6.07, 6.45) is 2.74. The van der Waals surface area contributed by atoms with Gasteiger partial charge in [-0.15, -0.1) is 0 Å². The molecule has 1 amide bonds. The van der Waals surface area contributed by atoms with Crippen molar-refractivity contribution in [2.24, 2.45) is 5.92 Å². The number of carboxylic acids is 1. The molecule has 1 N–H and O–H groups in total. The van der Waals surface area contributed by atoms with E-state index in [1.807, 2.05) is 18.2 Å². The van der Waals surface area contributed by atoms with Crippen LogP contribution in [0.4, 0.5) is 0 Å². The number of aromatic carboxylic acids is 1. The van der Waals surface area contributed by atoms with E-state index in [-0.39, 0.29) is 22.6 Å². The van der Waals surface area contributed by atoms with Crippen molar-refractivity contribution in [3.05, 3.63) is 71.3 Å². The minimum absolute atomic E-state index is 0.0872. The van der Waals surface area contributed by atoms with Crippen LogP contribution in [0.2, 0.25) is 0 Å². The van der Waals surface area contributed by atoms with Crippen LogP contribution < -0.4 is 10.4 Å². The maximum absolute atomic E-state index is 12.5. The molecule has 1 aliphatic rings. The number of hydrogen-bond donors (Lipinski definition) is 1. The lowest BCUT2D eigenvalue weighted by atomic mass is 9.75. The average Bonchev–Trinajstić information content (AvgIpc) is 2.71. The Morgan fingerprint density at radius 2 is 1.76 bits per heavy atom. The van der Waals surface area contributed by atoms with E-state index in [9.17, 15) is 14.7 Å². The van der Waals surface area contributed by atoms with Gasteiger partial charge in [0.05, 0.1) is 11.6 Å². The molecule has 5 nitrogen and oxygen atoms in total. The number of amides is 1. The standard InChI is InChI=1S/C24H29NO4/c1-24(2)16-18(13-15-29-24)19(17-8-4-3-5-9-17)12-14-25-22(26)20-10-6-7-11-21(20)23(27)28/h3-11,18-19H,12-16H2,1-2H3,(H,25,26)(H,27,28)/p-1/t18-,19+/m0/s1. The molecule has 0 aromatic heterocycles. The smallest absolute Gasteiger partial charge is 0.251 e. The number of nitrogens with one attached hydrogen (secondary N) is 1. The first-order valence-corrected chi connectivity index (χ1v) is 10.1. The molecule has 3 rings (SSSR count). The monoisotopic (exact) mass is 394 g/mol. The van der Waals surface area contributed by atoms with E-state index in [1.54, 1.807) is 12.1 Å². The van der Waals surface area contributed by atoms with E-state index in [4.69, 9.17) is 4.74 Å². The molecule has 154 valence electrons.